The number of nitrogens with two attached hydrogens (primary N) is 1. The molecule has 3 N–H and O–H groups in total. The van der Waals surface area contributed by atoms with Gasteiger partial charge in [-0.25, -0.2) is 0 Å². The number of anilines is 1. The molecule has 0 aliphatic carbocycles. The van der Waals surface area contributed by atoms with E-state index in [0.717, 1.165) is 9.35 Å². The van der Waals surface area contributed by atoms with Crippen molar-refractivity contribution in [3.05, 3.63) is 49.6 Å². The van der Waals surface area contributed by atoms with Gasteiger partial charge in [0, 0.05) is 11.3 Å². The van der Waals surface area contributed by atoms with Gasteiger partial charge in [0.1, 0.15) is 0 Å². The van der Waals surface area contributed by atoms with Crippen LogP contribution in [0.3, 0.4) is 0 Å². The van der Waals surface area contributed by atoms with E-state index in [2.05, 4.69) is 21.2 Å². The summed E-state index contributed by atoms with van der Waals surface area (Å²) in [6, 6.07) is 6.89. The molecule has 0 atom stereocenters. The lowest BCUT2D eigenvalue weighted by atomic mass is 10.1. The smallest absolute Gasteiger partial charge is 0.265 e. The zero-order chi connectivity index (χ0) is 14.9. The number of rotatable bonds is 3. The molecule has 6 heteroatoms. The van der Waals surface area contributed by atoms with E-state index in [1.165, 1.54) is 11.3 Å². The molecule has 0 aliphatic rings. The highest BCUT2D eigenvalue weighted by Gasteiger charge is 2.14. The first-order valence-electron chi connectivity index (χ1n) is 5.87. The number of amides is 2. The minimum absolute atomic E-state index is 0.200. The third-order valence-corrected chi connectivity index (χ3v) is 5.06. The first-order valence-corrected chi connectivity index (χ1v) is 7.48. The predicted molar refractivity (Wildman–Crippen MR) is 84.4 cm³/mol. The fourth-order valence-corrected chi connectivity index (χ4v) is 3.22. The van der Waals surface area contributed by atoms with Gasteiger partial charge in [-0.3, -0.25) is 9.59 Å². The van der Waals surface area contributed by atoms with Crippen molar-refractivity contribution in [3.8, 4) is 0 Å². The van der Waals surface area contributed by atoms with Gasteiger partial charge in [0.2, 0.25) is 5.91 Å². The van der Waals surface area contributed by atoms with Crippen molar-refractivity contribution in [2.45, 2.75) is 13.8 Å². The molecule has 0 spiro atoms. The Kier molecular flexibility index (Phi) is 4.25. The van der Waals surface area contributed by atoms with Gasteiger partial charge in [-0.05, 0) is 59.1 Å². The molecular formula is C14H13BrN2O2S. The highest BCUT2D eigenvalue weighted by Crippen LogP contribution is 2.28. The summed E-state index contributed by atoms with van der Waals surface area (Å²) in [4.78, 5) is 24.1. The summed E-state index contributed by atoms with van der Waals surface area (Å²) in [6.45, 7) is 3.68. The van der Waals surface area contributed by atoms with Crippen LogP contribution in [0.5, 0.6) is 0 Å². The van der Waals surface area contributed by atoms with Crippen LogP contribution in [0.15, 0.2) is 28.1 Å². The van der Waals surface area contributed by atoms with E-state index in [1.807, 2.05) is 13.0 Å². The predicted octanol–water partition coefficient (Wildman–Crippen LogP) is 3.48. The molecule has 0 unspecified atom stereocenters. The lowest BCUT2D eigenvalue weighted by Gasteiger charge is -2.09. The minimum atomic E-state index is -0.506. The number of thiophene rings is 1. The van der Waals surface area contributed by atoms with E-state index in [9.17, 15) is 9.59 Å². The molecule has 0 saturated heterocycles. The second kappa shape index (κ2) is 5.76. The number of primary amides is 1. The maximum Gasteiger partial charge on any atom is 0.265 e. The van der Waals surface area contributed by atoms with Gasteiger partial charge in [0.25, 0.3) is 5.91 Å². The lowest BCUT2D eigenvalue weighted by Crippen LogP contribution is -2.16. The van der Waals surface area contributed by atoms with Crippen molar-refractivity contribution in [1.29, 1.82) is 0 Å². The molecule has 0 radical (unpaired) electrons. The van der Waals surface area contributed by atoms with Gasteiger partial charge in [0.05, 0.1) is 8.66 Å². The first-order chi connectivity index (χ1) is 9.40. The van der Waals surface area contributed by atoms with E-state index in [-0.39, 0.29) is 5.91 Å². The van der Waals surface area contributed by atoms with Crippen LogP contribution in [0.25, 0.3) is 0 Å². The van der Waals surface area contributed by atoms with Crippen LogP contribution >= 0.6 is 27.3 Å². The van der Waals surface area contributed by atoms with Crippen molar-refractivity contribution in [3.63, 3.8) is 0 Å². The molecule has 4 nitrogen and oxygen atoms in total. The van der Waals surface area contributed by atoms with E-state index in [4.69, 9.17) is 5.73 Å². The van der Waals surface area contributed by atoms with Crippen LogP contribution in [0.4, 0.5) is 5.69 Å². The van der Waals surface area contributed by atoms with Crippen LogP contribution in [-0.2, 0) is 0 Å². The average molecular weight is 353 g/mol. The van der Waals surface area contributed by atoms with Gasteiger partial charge in [-0.15, -0.1) is 11.3 Å². The van der Waals surface area contributed by atoms with Gasteiger partial charge >= 0.3 is 0 Å². The Morgan fingerprint density at radius 3 is 2.55 bits per heavy atom. The highest BCUT2D eigenvalue weighted by atomic mass is 79.9. The average Bonchev–Trinajstić information content (AvgIpc) is 2.72. The SMILES string of the molecule is Cc1cc(C(=O)Nc2cccc(C(N)=O)c2C)sc1Br. The Morgan fingerprint density at radius 1 is 1.30 bits per heavy atom. The number of hydrogen-bond donors (Lipinski definition) is 2. The Morgan fingerprint density at radius 2 is 2.00 bits per heavy atom. The van der Waals surface area contributed by atoms with Gasteiger partial charge in [-0.2, -0.15) is 0 Å². The maximum absolute atomic E-state index is 12.2. The van der Waals surface area contributed by atoms with E-state index in [0.29, 0.717) is 21.7 Å². The molecule has 1 aromatic carbocycles. The third kappa shape index (κ3) is 2.91. The standard InChI is InChI=1S/C14H13BrN2O2S/c1-7-6-11(20-12(7)15)14(19)17-10-5-3-4-9(8(10)2)13(16)18/h3-6H,1-2H3,(H2,16,18)(H,17,19). The second-order valence-electron chi connectivity index (χ2n) is 4.36. The molecule has 0 fully saturated rings. The number of carbonyl (C=O) groups excluding carboxylic acids is 2. The zero-order valence-corrected chi connectivity index (χ0v) is 13.4. The van der Waals surface area contributed by atoms with Crippen LogP contribution in [0.1, 0.15) is 31.2 Å². The summed E-state index contributed by atoms with van der Waals surface area (Å²) >= 11 is 4.76. The van der Waals surface area contributed by atoms with E-state index < -0.39 is 5.91 Å². The summed E-state index contributed by atoms with van der Waals surface area (Å²) in [5, 5.41) is 2.81. The second-order valence-corrected chi connectivity index (χ2v) is 6.73. The first kappa shape index (κ1) is 14.7. The molecule has 0 aliphatic heterocycles. The number of hydrogen-bond acceptors (Lipinski definition) is 3. The largest absolute Gasteiger partial charge is 0.366 e. The molecule has 2 rings (SSSR count). The molecule has 20 heavy (non-hydrogen) atoms. The molecular weight excluding hydrogens is 340 g/mol. The van der Waals surface area contributed by atoms with Crippen LogP contribution in [0.2, 0.25) is 0 Å². The molecule has 0 saturated carbocycles. The third-order valence-electron chi connectivity index (χ3n) is 2.93. The number of nitrogens with one attached hydrogen (secondary N) is 1. The summed E-state index contributed by atoms with van der Waals surface area (Å²) in [6.07, 6.45) is 0. The minimum Gasteiger partial charge on any atom is -0.366 e. The van der Waals surface area contributed by atoms with E-state index in [1.54, 1.807) is 25.1 Å². The molecule has 1 aromatic heterocycles. The van der Waals surface area contributed by atoms with E-state index >= 15 is 0 Å². The number of halogens is 1. The van der Waals surface area contributed by atoms with Crippen LogP contribution < -0.4 is 11.1 Å². The lowest BCUT2D eigenvalue weighted by molar-refractivity contribution is 0.0996. The number of benzene rings is 1. The van der Waals surface area contributed by atoms with Crippen molar-refractivity contribution < 1.29 is 9.59 Å². The fraction of sp³-hybridized carbons (Fsp3) is 0.143. The van der Waals surface area contributed by atoms with Crippen molar-refractivity contribution >= 4 is 44.8 Å². The molecule has 1 heterocycles. The van der Waals surface area contributed by atoms with Gasteiger partial charge in [0.15, 0.2) is 0 Å². The normalized spacial score (nSPS) is 10.3. The summed E-state index contributed by atoms with van der Waals surface area (Å²) in [5.41, 5.74) is 7.98. The fourth-order valence-electron chi connectivity index (χ4n) is 1.79. The Balaban J connectivity index is 2.28. The summed E-state index contributed by atoms with van der Waals surface area (Å²) < 4.78 is 0.935. The van der Waals surface area contributed by atoms with Gasteiger partial charge in [-0.1, -0.05) is 6.07 Å². The van der Waals surface area contributed by atoms with Gasteiger partial charge < -0.3 is 11.1 Å². The van der Waals surface area contributed by atoms with Crippen molar-refractivity contribution in [2.24, 2.45) is 5.73 Å². The number of carbonyl (C=O) groups is 2. The molecule has 2 aromatic rings. The Bertz CT molecular complexity index is 675. The molecule has 104 valence electrons. The Hall–Kier alpha value is -1.66. The topological polar surface area (TPSA) is 72.2 Å². The summed E-state index contributed by atoms with van der Waals surface area (Å²) in [5.74, 6) is -0.707. The van der Waals surface area contributed by atoms with Crippen LogP contribution in [0, 0.1) is 13.8 Å². The van der Waals surface area contributed by atoms with Crippen molar-refractivity contribution in [1.82, 2.24) is 0 Å². The quantitative estimate of drug-likeness (QED) is 0.887. The summed E-state index contributed by atoms with van der Waals surface area (Å²) in [7, 11) is 0. The zero-order valence-electron chi connectivity index (χ0n) is 11.0. The molecule has 2 amide bonds. The number of aryl methyl sites for hydroxylation is 1. The Labute approximate surface area is 129 Å². The maximum atomic E-state index is 12.2. The molecule has 0 bridgehead atoms. The monoisotopic (exact) mass is 352 g/mol. The highest BCUT2D eigenvalue weighted by molar-refractivity contribution is 9.11. The van der Waals surface area contributed by atoms with Crippen LogP contribution in [-0.4, -0.2) is 11.8 Å². The van der Waals surface area contributed by atoms with Crippen molar-refractivity contribution in [2.75, 3.05) is 5.32 Å².